The van der Waals surface area contributed by atoms with Crippen molar-refractivity contribution in [2.45, 2.75) is 17.9 Å². The summed E-state index contributed by atoms with van der Waals surface area (Å²) in [5, 5.41) is 13.7. The number of nitrogens with zero attached hydrogens (tertiary/aromatic N) is 3. The molecule has 1 heterocycles. The first-order chi connectivity index (χ1) is 14.7. The fourth-order valence-electron chi connectivity index (χ4n) is 2.63. The minimum absolute atomic E-state index is 0. The molecule has 0 bridgehead atoms. The Morgan fingerprint density at radius 3 is 2.55 bits per heavy atom. The molecule has 10 heteroatoms. The lowest BCUT2D eigenvalue weighted by Gasteiger charge is -2.10. The highest BCUT2D eigenvalue weighted by atomic mass is 127. The molecule has 3 aromatic rings. The van der Waals surface area contributed by atoms with Crippen LogP contribution in [0.5, 0.6) is 5.75 Å². The lowest BCUT2D eigenvalue weighted by atomic mass is 10.2. The summed E-state index contributed by atoms with van der Waals surface area (Å²) in [6.07, 6.45) is 0.951. The molecule has 0 saturated heterocycles. The van der Waals surface area contributed by atoms with Gasteiger partial charge in [0.05, 0.1) is 13.7 Å². The second kappa shape index (κ2) is 13.2. The van der Waals surface area contributed by atoms with Gasteiger partial charge >= 0.3 is 0 Å². The summed E-state index contributed by atoms with van der Waals surface area (Å²) in [6.45, 7) is 1.26. The Morgan fingerprint density at radius 2 is 1.87 bits per heavy atom. The third-order valence-electron chi connectivity index (χ3n) is 4.22. The molecule has 0 fully saturated rings. The monoisotopic (exact) mass is 556 g/mol. The Kier molecular flexibility index (Phi) is 10.6. The van der Waals surface area contributed by atoms with Gasteiger partial charge in [0.25, 0.3) is 0 Å². The van der Waals surface area contributed by atoms with Crippen LogP contribution in [0.1, 0.15) is 12.2 Å². The van der Waals surface area contributed by atoms with E-state index in [-0.39, 0.29) is 29.8 Å². The lowest BCUT2D eigenvalue weighted by Crippen LogP contribution is -2.37. The van der Waals surface area contributed by atoms with Crippen LogP contribution in [-0.2, 0) is 6.54 Å². The summed E-state index contributed by atoms with van der Waals surface area (Å²) in [5.41, 5.74) is 0.916. The van der Waals surface area contributed by atoms with E-state index in [4.69, 9.17) is 4.74 Å². The second-order valence-electron chi connectivity index (χ2n) is 6.34. The zero-order chi connectivity index (χ0) is 21.2. The van der Waals surface area contributed by atoms with E-state index < -0.39 is 0 Å². The summed E-state index contributed by atoms with van der Waals surface area (Å²) in [6, 6.07) is 14.2. The van der Waals surface area contributed by atoms with Crippen LogP contribution in [0, 0.1) is 5.82 Å². The molecule has 0 atom stereocenters. The second-order valence-corrected chi connectivity index (χ2v) is 7.51. The first-order valence-electron chi connectivity index (χ1n) is 9.56. The smallest absolute Gasteiger partial charge is 0.191 e. The number of aliphatic imine (C=N–C) groups is 1. The van der Waals surface area contributed by atoms with Crippen molar-refractivity contribution < 1.29 is 9.13 Å². The number of guanidine groups is 1. The molecule has 0 unspecified atom stereocenters. The van der Waals surface area contributed by atoms with Crippen molar-refractivity contribution in [3.8, 4) is 17.1 Å². The van der Waals surface area contributed by atoms with E-state index in [0.717, 1.165) is 40.8 Å². The number of H-pyrrole nitrogens is 1. The third kappa shape index (κ3) is 8.02. The lowest BCUT2D eigenvalue weighted by molar-refractivity contribution is 0.415. The van der Waals surface area contributed by atoms with E-state index in [1.165, 1.54) is 12.1 Å². The van der Waals surface area contributed by atoms with Crippen LogP contribution in [0.25, 0.3) is 11.4 Å². The standard InChI is InChI=1S/C21H25FN6OS.HI/c1-23-21(24-12-3-13-30-18-10-6-16(22)7-11-18)25-14-19-26-20(28-27-19)15-4-8-17(29-2)9-5-15;/h4-11H,3,12-14H2,1-2H3,(H2,23,24,25)(H,26,27,28);1H. The number of benzene rings is 2. The summed E-state index contributed by atoms with van der Waals surface area (Å²) in [4.78, 5) is 9.80. The summed E-state index contributed by atoms with van der Waals surface area (Å²) < 4.78 is 18.1. The van der Waals surface area contributed by atoms with Crippen LogP contribution < -0.4 is 15.4 Å². The van der Waals surface area contributed by atoms with E-state index in [0.29, 0.717) is 18.3 Å². The molecule has 0 aliphatic heterocycles. The molecule has 0 spiro atoms. The summed E-state index contributed by atoms with van der Waals surface area (Å²) in [5.74, 6) is 3.57. The van der Waals surface area contributed by atoms with Crippen LogP contribution >= 0.6 is 35.7 Å². The van der Waals surface area contributed by atoms with Gasteiger partial charge in [0.1, 0.15) is 17.4 Å². The summed E-state index contributed by atoms with van der Waals surface area (Å²) >= 11 is 1.70. The molecule has 0 radical (unpaired) electrons. The molecule has 0 saturated carbocycles. The highest BCUT2D eigenvalue weighted by molar-refractivity contribution is 14.0. The maximum Gasteiger partial charge on any atom is 0.191 e. The SMILES string of the molecule is CN=C(NCCCSc1ccc(F)cc1)NCc1nc(-c2ccc(OC)cc2)n[nH]1.I. The van der Waals surface area contributed by atoms with Gasteiger partial charge in [-0.1, -0.05) is 0 Å². The molecule has 0 aliphatic carbocycles. The van der Waals surface area contributed by atoms with E-state index >= 15 is 0 Å². The molecule has 2 aromatic carbocycles. The molecule has 3 N–H and O–H groups in total. The van der Waals surface area contributed by atoms with Crippen LogP contribution in [0.3, 0.4) is 0 Å². The zero-order valence-corrected chi connectivity index (χ0v) is 20.5. The van der Waals surface area contributed by atoms with Gasteiger partial charge in [0.15, 0.2) is 11.8 Å². The van der Waals surface area contributed by atoms with Crippen LogP contribution in [0.2, 0.25) is 0 Å². The number of aromatic nitrogens is 3. The topological polar surface area (TPSA) is 87.2 Å². The average molecular weight is 556 g/mol. The molecule has 0 amide bonds. The van der Waals surface area contributed by atoms with Crippen molar-refractivity contribution in [2.24, 2.45) is 4.99 Å². The van der Waals surface area contributed by atoms with Gasteiger partial charge in [0.2, 0.25) is 0 Å². The van der Waals surface area contributed by atoms with Gasteiger partial charge < -0.3 is 15.4 Å². The molecule has 1 aromatic heterocycles. The molecule has 7 nitrogen and oxygen atoms in total. The van der Waals surface area contributed by atoms with E-state index in [1.54, 1.807) is 38.1 Å². The zero-order valence-electron chi connectivity index (χ0n) is 17.4. The highest BCUT2D eigenvalue weighted by Gasteiger charge is 2.07. The van der Waals surface area contributed by atoms with Gasteiger partial charge in [-0.3, -0.25) is 10.1 Å². The van der Waals surface area contributed by atoms with Crippen molar-refractivity contribution in [2.75, 3.05) is 26.5 Å². The quantitative estimate of drug-likeness (QED) is 0.121. The van der Waals surface area contributed by atoms with E-state index in [1.807, 2.05) is 24.3 Å². The predicted molar refractivity (Wildman–Crippen MR) is 134 cm³/mol. The van der Waals surface area contributed by atoms with Crippen molar-refractivity contribution >= 4 is 41.7 Å². The molecule has 0 aliphatic rings. The van der Waals surface area contributed by atoms with Crippen molar-refractivity contribution in [1.82, 2.24) is 25.8 Å². The first kappa shape index (κ1) is 24.9. The van der Waals surface area contributed by atoms with Gasteiger partial charge in [-0.2, -0.15) is 5.10 Å². The molecule has 31 heavy (non-hydrogen) atoms. The number of halogens is 2. The number of methoxy groups -OCH3 is 1. The number of aromatic amines is 1. The van der Waals surface area contributed by atoms with Crippen LogP contribution in [0.15, 0.2) is 58.4 Å². The minimum atomic E-state index is -0.209. The Balaban J connectivity index is 0.00000341. The maximum atomic E-state index is 12.9. The maximum absolute atomic E-state index is 12.9. The number of ether oxygens (including phenoxy) is 1. The summed E-state index contributed by atoms with van der Waals surface area (Å²) in [7, 11) is 3.36. The average Bonchev–Trinajstić information content (AvgIpc) is 3.26. The number of hydrogen-bond donors (Lipinski definition) is 3. The van der Waals surface area contributed by atoms with Crippen molar-refractivity contribution in [3.63, 3.8) is 0 Å². The Hall–Kier alpha value is -2.34. The van der Waals surface area contributed by atoms with Gasteiger partial charge in [0, 0.05) is 24.1 Å². The van der Waals surface area contributed by atoms with E-state index in [9.17, 15) is 4.39 Å². The van der Waals surface area contributed by atoms with Gasteiger partial charge in [-0.15, -0.1) is 35.7 Å². The first-order valence-corrected chi connectivity index (χ1v) is 10.5. The van der Waals surface area contributed by atoms with E-state index in [2.05, 4.69) is 30.8 Å². The molecular weight excluding hydrogens is 530 g/mol. The largest absolute Gasteiger partial charge is 0.497 e. The Labute approximate surface area is 202 Å². The molecule has 3 rings (SSSR count). The molecule has 166 valence electrons. The Morgan fingerprint density at radius 1 is 1.13 bits per heavy atom. The number of nitrogens with one attached hydrogen (secondary N) is 3. The highest BCUT2D eigenvalue weighted by Crippen LogP contribution is 2.19. The van der Waals surface area contributed by atoms with Crippen molar-refractivity contribution in [3.05, 3.63) is 60.2 Å². The normalized spacial score (nSPS) is 11.0. The van der Waals surface area contributed by atoms with Crippen molar-refractivity contribution in [1.29, 1.82) is 0 Å². The fraction of sp³-hybridized carbons (Fsp3) is 0.286. The number of hydrogen-bond acceptors (Lipinski definition) is 5. The van der Waals surface area contributed by atoms with Crippen LogP contribution in [0.4, 0.5) is 4.39 Å². The third-order valence-corrected chi connectivity index (χ3v) is 5.32. The fourth-order valence-corrected chi connectivity index (χ4v) is 3.48. The van der Waals surface area contributed by atoms with Crippen LogP contribution in [-0.4, -0.2) is 47.6 Å². The number of thioether (sulfide) groups is 1. The van der Waals surface area contributed by atoms with Gasteiger partial charge in [-0.05, 0) is 60.7 Å². The molecular formula is C21H26FIN6OS. The van der Waals surface area contributed by atoms with Gasteiger partial charge in [-0.25, -0.2) is 9.37 Å². The Bertz CT molecular complexity index is 949. The number of rotatable bonds is 9. The minimum Gasteiger partial charge on any atom is -0.497 e. The predicted octanol–water partition coefficient (Wildman–Crippen LogP) is 4.08.